The van der Waals surface area contributed by atoms with Crippen LogP contribution in [0, 0.1) is 0 Å². The fourth-order valence-electron chi connectivity index (χ4n) is 2.64. The van der Waals surface area contributed by atoms with E-state index in [1.54, 1.807) is 0 Å². The van der Waals surface area contributed by atoms with E-state index in [1.165, 1.54) is 15.7 Å². The van der Waals surface area contributed by atoms with Gasteiger partial charge in [-0.3, -0.25) is 0 Å². The average molecular weight is 311 g/mol. The van der Waals surface area contributed by atoms with Crippen LogP contribution in [-0.2, 0) is 12.0 Å². The molecule has 5 heteroatoms. The number of aromatic nitrogens is 1. The molecule has 1 atom stereocenters. The minimum atomic E-state index is 0.109. The van der Waals surface area contributed by atoms with Crippen LogP contribution in [0.25, 0.3) is 0 Å². The van der Waals surface area contributed by atoms with Crippen molar-refractivity contribution < 1.29 is 0 Å². The van der Waals surface area contributed by atoms with Gasteiger partial charge >= 0.3 is 0 Å². The lowest BCUT2D eigenvalue weighted by molar-refractivity contribution is 0.234. The van der Waals surface area contributed by atoms with Crippen LogP contribution in [-0.4, -0.2) is 49.2 Å². The molecule has 120 valence electrons. The SMILES string of the molecule is CCNCc1sc(N2CCN(C)C(C)C2)nc1C(C)(C)C. The Hall–Kier alpha value is -0.650. The molecule has 0 amide bonds. The van der Waals surface area contributed by atoms with Crippen molar-refractivity contribution in [2.75, 3.05) is 38.1 Å². The number of likely N-dealkylation sites (N-methyl/N-ethyl adjacent to an activating group) is 1. The Morgan fingerprint density at radius 1 is 1.33 bits per heavy atom. The van der Waals surface area contributed by atoms with E-state index >= 15 is 0 Å². The van der Waals surface area contributed by atoms with Gasteiger partial charge in [-0.2, -0.15) is 0 Å². The normalized spacial score (nSPS) is 21.0. The Balaban J connectivity index is 2.22. The zero-order valence-electron chi connectivity index (χ0n) is 14.4. The van der Waals surface area contributed by atoms with Crippen LogP contribution < -0.4 is 10.2 Å². The van der Waals surface area contributed by atoms with Crippen LogP contribution in [0.15, 0.2) is 0 Å². The van der Waals surface area contributed by atoms with E-state index in [4.69, 9.17) is 4.98 Å². The maximum atomic E-state index is 5.00. The molecule has 1 aliphatic heterocycles. The summed E-state index contributed by atoms with van der Waals surface area (Å²) >= 11 is 1.87. The Bertz CT molecular complexity index is 463. The maximum absolute atomic E-state index is 5.00. The number of thiazole rings is 1. The molecule has 2 heterocycles. The fraction of sp³-hybridized carbons (Fsp3) is 0.812. The third-order valence-corrected chi connectivity index (χ3v) is 5.28. The smallest absolute Gasteiger partial charge is 0.185 e. The largest absolute Gasteiger partial charge is 0.345 e. The summed E-state index contributed by atoms with van der Waals surface area (Å²) < 4.78 is 0. The van der Waals surface area contributed by atoms with Crippen molar-refractivity contribution in [3.63, 3.8) is 0 Å². The molecule has 0 aromatic carbocycles. The topological polar surface area (TPSA) is 31.4 Å². The van der Waals surface area contributed by atoms with E-state index < -0.39 is 0 Å². The number of hydrogen-bond acceptors (Lipinski definition) is 5. The molecular weight excluding hydrogens is 280 g/mol. The molecular formula is C16H30N4S. The predicted molar refractivity (Wildman–Crippen MR) is 92.5 cm³/mol. The highest BCUT2D eigenvalue weighted by atomic mass is 32.1. The number of rotatable bonds is 4. The molecule has 21 heavy (non-hydrogen) atoms. The van der Waals surface area contributed by atoms with Gasteiger partial charge in [0.2, 0.25) is 0 Å². The molecule has 0 radical (unpaired) electrons. The summed E-state index contributed by atoms with van der Waals surface area (Å²) in [5.41, 5.74) is 1.37. The molecule has 0 spiro atoms. The van der Waals surface area contributed by atoms with Gasteiger partial charge in [-0.15, -0.1) is 11.3 Å². The summed E-state index contributed by atoms with van der Waals surface area (Å²) in [7, 11) is 2.21. The molecule has 1 unspecified atom stereocenters. The van der Waals surface area contributed by atoms with Crippen LogP contribution in [0.3, 0.4) is 0 Å². The first kappa shape index (κ1) is 16.7. The quantitative estimate of drug-likeness (QED) is 0.926. The Kier molecular flexibility index (Phi) is 5.28. The molecule has 1 saturated heterocycles. The van der Waals surface area contributed by atoms with Crippen molar-refractivity contribution >= 4 is 16.5 Å². The van der Waals surface area contributed by atoms with Gasteiger partial charge in [0, 0.05) is 42.5 Å². The van der Waals surface area contributed by atoms with Crippen LogP contribution in [0.4, 0.5) is 5.13 Å². The van der Waals surface area contributed by atoms with E-state index in [0.29, 0.717) is 6.04 Å². The second-order valence-corrected chi connectivity index (χ2v) is 8.14. The summed E-state index contributed by atoms with van der Waals surface area (Å²) in [6.07, 6.45) is 0. The molecule has 1 aromatic heterocycles. The van der Waals surface area contributed by atoms with Crippen LogP contribution >= 0.6 is 11.3 Å². The van der Waals surface area contributed by atoms with Crippen molar-refractivity contribution in [3.05, 3.63) is 10.6 Å². The van der Waals surface area contributed by atoms with Crippen molar-refractivity contribution in [1.29, 1.82) is 0 Å². The van der Waals surface area contributed by atoms with Crippen molar-refractivity contribution in [3.8, 4) is 0 Å². The van der Waals surface area contributed by atoms with Crippen LogP contribution in [0.2, 0.25) is 0 Å². The average Bonchev–Trinajstić information content (AvgIpc) is 2.83. The van der Waals surface area contributed by atoms with Gasteiger partial charge in [-0.05, 0) is 20.5 Å². The van der Waals surface area contributed by atoms with E-state index in [2.05, 4.69) is 56.8 Å². The summed E-state index contributed by atoms with van der Waals surface area (Å²) in [4.78, 5) is 11.3. The molecule has 1 fully saturated rings. The van der Waals surface area contributed by atoms with Gasteiger partial charge in [0.05, 0.1) is 5.69 Å². The minimum Gasteiger partial charge on any atom is -0.345 e. The van der Waals surface area contributed by atoms with Gasteiger partial charge < -0.3 is 15.1 Å². The highest BCUT2D eigenvalue weighted by Gasteiger charge is 2.27. The van der Waals surface area contributed by atoms with Crippen LogP contribution in [0.1, 0.15) is 45.2 Å². The van der Waals surface area contributed by atoms with Crippen LogP contribution in [0.5, 0.6) is 0 Å². The molecule has 4 nitrogen and oxygen atoms in total. The third kappa shape index (κ3) is 3.96. The molecule has 1 aliphatic rings. The summed E-state index contributed by atoms with van der Waals surface area (Å²) in [6, 6.07) is 0.595. The lowest BCUT2D eigenvalue weighted by atomic mass is 9.91. The molecule has 0 bridgehead atoms. The zero-order valence-corrected chi connectivity index (χ0v) is 15.2. The van der Waals surface area contributed by atoms with Gasteiger partial charge in [0.25, 0.3) is 0 Å². The summed E-state index contributed by atoms with van der Waals surface area (Å²) in [5.74, 6) is 0. The highest BCUT2D eigenvalue weighted by molar-refractivity contribution is 7.15. The Morgan fingerprint density at radius 2 is 2.05 bits per heavy atom. The summed E-state index contributed by atoms with van der Waals surface area (Å²) in [5, 5.41) is 4.65. The first-order chi connectivity index (χ1) is 9.82. The molecule has 2 rings (SSSR count). The first-order valence-corrected chi connectivity index (χ1v) is 8.80. The lowest BCUT2D eigenvalue weighted by Gasteiger charge is -2.37. The van der Waals surface area contributed by atoms with E-state index in [0.717, 1.165) is 32.7 Å². The van der Waals surface area contributed by atoms with Gasteiger partial charge in [0.15, 0.2) is 5.13 Å². The zero-order chi connectivity index (χ0) is 15.6. The second-order valence-electron chi connectivity index (χ2n) is 7.07. The standard InChI is InChI=1S/C16H30N4S/c1-7-17-10-13-14(16(3,4)5)18-15(21-13)20-9-8-19(6)12(2)11-20/h12,17H,7-11H2,1-6H3. The van der Waals surface area contributed by atoms with Crippen molar-refractivity contribution in [1.82, 2.24) is 15.2 Å². The minimum absolute atomic E-state index is 0.109. The van der Waals surface area contributed by atoms with Gasteiger partial charge in [0.1, 0.15) is 0 Å². The third-order valence-electron chi connectivity index (χ3n) is 4.16. The molecule has 1 aromatic rings. The number of piperazine rings is 1. The van der Waals surface area contributed by atoms with Gasteiger partial charge in [-0.1, -0.05) is 27.7 Å². The van der Waals surface area contributed by atoms with E-state index in [9.17, 15) is 0 Å². The van der Waals surface area contributed by atoms with Gasteiger partial charge in [-0.25, -0.2) is 4.98 Å². The maximum Gasteiger partial charge on any atom is 0.185 e. The highest BCUT2D eigenvalue weighted by Crippen LogP contribution is 2.34. The molecule has 0 saturated carbocycles. The second kappa shape index (κ2) is 6.63. The van der Waals surface area contributed by atoms with E-state index in [-0.39, 0.29) is 5.41 Å². The first-order valence-electron chi connectivity index (χ1n) is 7.99. The number of hydrogen-bond donors (Lipinski definition) is 1. The molecule has 0 aliphatic carbocycles. The van der Waals surface area contributed by atoms with Crippen molar-refractivity contribution in [2.24, 2.45) is 0 Å². The fourth-order valence-corrected chi connectivity index (χ4v) is 3.92. The Morgan fingerprint density at radius 3 is 2.62 bits per heavy atom. The van der Waals surface area contributed by atoms with Crippen molar-refractivity contribution in [2.45, 2.75) is 52.6 Å². The Labute approximate surface area is 133 Å². The predicted octanol–water partition coefficient (Wildman–Crippen LogP) is 2.69. The molecule has 1 N–H and O–H groups in total. The lowest BCUT2D eigenvalue weighted by Crippen LogP contribution is -2.50. The number of nitrogens with one attached hydrogen (secondary N) is 1. The summed E-state index contributed by atoms with van der Waals surface area (Å²) in [6.45, 7) is 16.4. The number of nitrogens with zero attached hydrogens (tertiary/aromatic N) is 3. The number of anilines is 1. The van der Waals surface area contributed by atoms with E-state index in [1.807, 2.05) is 11.3 Å². The monoisotopic (exact) mass is 310 g/mol.